The van der Waals surface area contributed by atoms with Gasteiger partial charge in [0.2, 0.25) is 10.0 Å². The molecule has 1 amide bonds. The van der Waals surface area contributed by atoms with Crippen LogP contribution in [-0.2, 0) is 10.0 Å². The number of hydrogen-bond acceptors (Lipinski definition) is 4. The number of pyridine rings is 1. The number of carbonyl (C=O) groups excluding carboxylic acids is 1. The van der Waals surface area contributed by atoms with Gasteiger partial charge in [0.15, 0.2) is 0 Å². The van der Waals surface area contributed by atoms with Gasteiger partial charge in [-0.15, -0.1) is 0 Å². The number of aromatic nitrogens is 1. The normalized spacial score (nSPS) is 20.3. The lowest BCUT2D eigenvalue weighted by atomic mass is 10.1. The summed E-state index contributed by atoms with van der Waals surface area (Å²) in [5.74, 6) is -0.104. The van der Waals surface area contributed by atoms with Crippen LogP contribution in [-0.4, -0.2) is 49.6 Å². The average molecular weight is 283 g/mol. The molecule has 0 radical (unpaired) electrons. The van der Waals surface area contributed by atoms with Crippen LogP contribution in [0.3, 0.4) is 0 Å². The highest BCUT2D eigenvalue weighted by Gasteiger charge is 2.26. The second-order valence-corrected chi connectivity index (χ2v) is 6.50. The van der Waals surface area contributed by atoms with E-state index in [9.17, 15) is 13.2 Å². The first-order valence-corrected chi connectivity index (χ1v) is 8.01. The minimum atomic E-state index is -3.24. The SMILES string of the molecule is CS(=O)(=O)N[C@@H]1CCCN(C(=O)c2cccnc2)C1. The molecule has 1 atom stereocenters. The molecule has 0 aromatic carbocycles. The van der Waals surface area contributed by atoms with E-state index in [1.165, 1.54) is 6.20 Å². The van der Waals surface area contributed by atoms with Crippen molar-refractivity contribution in [2.45, 2.75) is 18.9 Å². The van der Waals surface area contributed by atoms with Crippen LogP contribution in [0.15, 0.2) is 24.5 Å². The summed E-state index contributed by atoms with van der Waals surface area (Å²) in [6, 6.07) is 3.22. The molecular formula is C12H17N3O3S. The van der Waals surface area contributed by atoms with Crippen LogP contribution >= 0.6 is 0 Å². The lowest BCUT2D eigenvalue weighted by Gasteiger charge is -2.32. The topological polar surface area (TPSA) is 79.4 Å². The average Bonchev–Trinajstić information content (AvgIpc) is 2.37. The molecule has 1 aromatic rings. The molecule has 104 valence electrons. The van der Waals surface area contributed by atoms with E-state index in [1.54, 1.807) is 23.2 Å². The van der Waals surface area contributed by atoms with Gasteiger partial charge < -0.3 is 4.90 Å². The molecule has 0 spiro atoms. The van der Waals surface area contributed by atoms with Crippen LogP contribution in [0.4, 0.5) is 0 Å². The third-order valence-electron chi connectivity index (χ3n) is 3.00. The summed E-state index contributed by atoms with van der Waals surface area (Å²) in [6.07, 6.45) is 5.81. The Labute approximate surface area is 112 Å². The first-order chi connectivity index (χ1) is 8.96. The van der Waals surface area contributed by atoms with Gasteiger partial charge >= 0.3 is 0 Å². The highest BCUT2D eigenvalue weighted by Crippen LogP contribution is 2.13. The van der Waals surface area contributed by atoms with Crippen LogP contribution < -0.4 is 4.72 Å². The molecule has 2 rings (SSSR count). The second-order valence-electron chi connectivity index (χ2n) is 4.72. The zero-order valence-electron chi connectivity index (χ0n) is 10.7. The fourth-order valence-corrected chi connectivity index (χ4v) is 3.03. The summed E-state index contributed by atoms with van der Waals surface area (Å²) in [6.45, 7) is 1.05. The molecule has 7 heteroatoms. The van der Waals surface area contributed by atoms with E-state index in [0.717, 1.165) is 19.1 Å². The Hall–Kier alpha value is -1.47. The maximum Gasteiger partial charge on any atom is 0.255 e. The number of nitrogens with zero attached hydrogens (tertiary/aromatic N) is 2. The molecule has 19 heavy (non-hydrogen) atoms. The van der Waals surface area contributed by atoms with Gasteiger partial charge in [-0.2, -0.15) is 0 Å². The number of sulfonamides is 1. The van der Waals surface area contributed by atoms with Crippen LogP contribution in [0.25, 0.3) is 0 Å². The highest BCUT2D eigenvalue weighted by atomic mass is 32.2. The standard InChI is InChI=1S/C12H17N3O3S/c1-19(17,18)14-11-5-3-7-15(9-11)12(16)10-4-2-6-13-8-10/h2,4,6,8,11,14H,3,5,7,9H2,1H3/t11-/m1/s1. The Morgan fingerprint density at radius 3 is 2.95 bits per heavy atom. The van der Waals surface area contributed by atoms with Crippen LogP contribution in [0.2, 0.25) is 0 Å². The number of nitrogens with one attached hydrogen (secondary N) is 1. The first kappa shape index (κ1) is 14.0. The minimum absolute atomic E-state index is 0.104. The van der Waals surface area contributed by atoms with E-state index in [2.05, 4.69) is 9.71 Å². The summed E-state index contributed by atoms with van der Waals surface area (Å²) in [5.41, 5.74) is 0.530. The van der Waals surface area contributed by atoms with Crippen LogP contribution in [0, 0.1) is 0 Å². The van der Waals surface area contributed by atoms with Crippen molar-refractivity contribution in [3.05, 3.63) is 30.1 Å². The Morgan fingerprint density at radius 1 is 1.53 bits per heavy atom. The van der Waals surface area contributed by atoms with Gasteiger partial charge in [-0.1, -0.05) is 0 Å². The van der Waals surface area contributed by atoms with Crippen molar-refractivity contribution in [2.75, 3.05) is 19.3 Å². The summed E-state index contributed by atoms with van der Waals surface area (Å²) in [7, 11) is -3.24. The maximum atomic E-state index is 12.2. The van der Waals surface area contributed by atoms with E-state index >= 15 is 0 Å². The first-order valence-electron chi connectivity index (χ1n) is 6.12. The molecule has 0 bridgehead atoms. The van der Waals surface area contributed by atoms with Crippen molar-refractivity contribution < 1.29 is 13.2 Å². The summed E-state index contributed by atoms with van der Waals surface area (Å²) in [5, 5.41) is 0. The van der Waals surface area contributed by atoms with Crippen molar-refractivity contribution in [3.8, 4) is 0 Å². The van der Waals surface area contributed by atoms with Gasteiger partial charge in [-0.25, -0.2) is 13.1 Å². The highest BCUT2D eigenvalue weighted by molar-refractivity contribution is 7.88. The van der Waals surface area contributed by atoms with Crippen LogP contribution in [0.5, 0.6) is 0 Å². The molecule has 2 heterocycles. The molecule has 6 nitrogen and oxygen atoms in total. The van der Waals surface area contributed by atoms with Gasteiger partial charge in [0, 0.05) is 31.5 Å². The Kier molecular flexibility index (Phi) is 4.16. The fourth-order valence-electron chi connectivity index (χ4n) is 2.23. The molecule has 0 saturated carbocycles. The van der Waals surface area contributed by atoms with Gasteiger partial charge in [-0.05, 0) is 25.0 Å². The smallest absolute Gasteiger partial charge is 0.255 e. The Balaban J connectivity index is 2.03. The lowest BCUT2D eigenvalue weighted by Crippen LogP contribution is -2.49. The monoisotopic (exact) mass is 283 g/mol. The van der Waals surface area contributed by atoms with E-state index in [4.69, 9.17) is 0 Å². The van der Waals surface area contributed by atoms with Crippen molar-refractivity contribution in [1.82, 2.24) is 14.6 Å². The third-order valence-corrected chi connectivity index (χ3v) is 3.76. The number of likely N-dealkylation sites (tertiary alicyclic amines) is 1. The second kappa shape index (κ2) is 5.66. The Morgan fingerprint density at radius 2 is 2.32 bits per heavy atom. The van der Waals surface area contributed by atoms with Crippen molar-refractivity contribution >= 4 is 15.9 Å². The van der Waals surface area contributed by atoms with E-state index in [0.29, 0.717) is 18.7 Å². The summed E-state index contributed by atoms with van der Waals surface area (Å²) >= 11 is 0. The van der Waals surface area contributed by atoms with Crippen LogP contribution in [0.1, 0.15) is 23.2 Å². The zero-order valence-corrected chi connectivity index (χ0v) is 11.6. The Bertz CT molecular complexity index is 545. The van der Waals surface area contributed by atoms with Crippen molar-refractivity contribution in [1.29, 1.82) is 0 Å². The molecule has 1 aromatic heterocycles. The molecule has 1 fully saturated rings. The molecule has 0 aliphatic carbocycles. The fraction of sp³-hybridized carbons (Fsp3) is 0.500. The van der Waals surface area contributed by atoms with Gasteiger partial charge in [0.25, 0.3) is 5.91 Å². The van der Waals surface area contributed by atoms with Crippen molar-refractivity contribution in [2.24, 2.45) is 0 Å². The lowest BCUT2D eigenvalue weighted by molar-refractivity contribution is 0.0702. The molecule has 1 aliphatic heterocycles. The summed E-state index contributed by atoms with van der Waals surface area (Å²) < 4.78 is 25.0. The van der Waals surface area contributed by atoms with Crippen molar-refractivity contribution in [3.63, 3.8) is 0 Å². The third kappa shape index (κ3) is 4.00. The molecule has 1 aliphatic rings. The largest absolute Gasteiger partial charge is 0.337 e. The van der Waals surface area contributed by atoms with Gasteiger partial charge in [-0.3, -0.25) is 9.78 Å². The zero-order chi connectivity index (χ0) is 13.9. The number of amides is 1. The predicted molar refractivity (Wildman–Crippen MR) is 71.1 cm³/mol. The molecular weight excluding hydrogens is 266 g/mol. The number of hydrogen-bond donors (Lipinski definition) is 1. The number of carbonyl (C=O) groups is 1. The van der Waals surface area contributed by atoms with E-state index in [-0.39, 0.29) is 11.9 Å². The number of rotatable bonds is 3. The molecule has 1 saturated heterocycles. The minimum Gasteiger partial charge on any atom is -0.337 e. The molecule has 0 unspecified atom stereocenters. The maximum absolute atomic E-state index is 12.2. The van der Waals surface area contributed by atoms with E-state index < -0.39 is 10.0 Å². The van der Waals surface area contributed by atoms with E-state index in [1.807, 2.05) is 0 Å². The number of piperidine rings is 1. The van der Waals surface area contributed by atoms with Gasteiger partial charge in [0.05, 0.1) is 11.8 Å². The quantitative estimate of drug-likeness (QED) is 0.861. The molecule has 1 N–H and O–H groups in total. The summed E-state index contributed by atoms with van der Waals surface area (Å²) in [4.78, 5) is 17.8. The predicted octanol–water partition coefficient (Wildman–Crippen LogP) is 0.235. The van der Waals surface area contributed by atoms with Gasteiger partial charge in [0.1, 0.15) is 0 Å².